The molecular weight excluding hydrogens is 504 g/mol. The molecule has 0 radical (unpaired) electrons. The minimum absolute atomic E-state index is 0.0100. The summed E-state index contributed by atoms with van der Waals surface area (Å²) in [6, 6.07) is 4.36. The van der Waals surface area contributed by atoms with Gasteiger partial charge in [0.05, 0.1) is 24.3 Å². The van der Waals surface area contributed by atoms with E-state index in [0.29, 0.717) is 12.1 Å². The van der Waals surface area contributed by atoms with Gasteiger partial charge in [-0.15, -0.1) is 0 Å². The minimum atomic E-state index is -6.29. The summed E-state index contributed by atoms with van der Waals surface area (Å²) in [6.07, 6.45) is -12.7. The molecule has 2 N–H and O–H groups in total. The van der Waals surface area contributed by atoms with Crippen molar-refractivity contribution in [2.75, 3.05) is 23.8 Å². The number of ether oxygens (including phenoxy) is 1. The largest absolute Gasteiger partial charge is 0.466 e. The zero-order chi connectivity index (χ0) is 27.5. The third-order valence-corrected chi connectivity index (χ3v) is 5.14. The fourth-order valence-corrected chi connectivity index (χ4v) is 3.40. The molecule has 0 fully saturated rings. The summed E-state index contributed by atoms with van der Waals surface area (Å²) in [5.74, 6) is -2.59. The van der Waals surface area contributed by atoms with Gasteiger partial charge in [-0.05, 0) is 44.0 Å². The van der Waals surface area contributed by atoms with E-state index in [1.165, 1.54) is 12.1 Å². The van der Waals surface area contributed by atoms with Crippen molar-refractivity contribution in [3.05, 3.63) is 58.4 Å². The zero-order valence-electron chi connectivity index (χ0n) is 19.3. The van der Waals surface area contributed by atoms with E-state index in [1.807, 2.05) is 0 Å². The van der Waals surface area contributed by atoms with Gasteiger partial charge in [0.15, 0.2) is 5.82 Å². The quantitative estimate of drug-likeness (QED) is 0.311. The van der Waals surface area contributed by atoms with Gasteiger partial charge < -0.3 is 15.4 Å². The van der Waals surface area contributed by atoms with E-state index in [-0.39, 0.29) is 42.1 Å². The lowest BCUT2D eigenvalue weighted by atomic mass is 9.90. The molecule has 13 heteroatoms. The maximum absolute atomic E-state index is 14.8. The van der Waals surface area contributed by atoms with Crippen molar-refractivity contribution in [3.8, 4) is 0 Å². The van der Waals surface area contributed by atoms with Crippen molar-refractivity contribution in [1.82, 2.24) is 0 Å². The number of aryl methyl sites for hydroxylation is 2. The van der Waals surface area contributed by atoms with E-state index >= 15 is 0 Å². The molecule has 36 heavy (non-hydrogen) atoms. The summed E-state index contributed by atoms with van der Waals surface area (Å²) in [4.78, 5) is 24.1. The molecule has 0 atom stereocenters. The summed E-state index contributed by atoms with van der Waals surface area (Å²) < 4.78 is 113. The maximum atomic E-state index is 14.8. The maximum Gasteiger partial charge on any atom is 0.435 e. The molecule has 0 aromatic heterocycles. The second kappa shape index (κ2) is 10.7. The Hall–Kier alpha value is -3.38. The predicted octanol–water partition coefficient (Wildman–Crippen LogP) is 6.35. The number of rotatable bonds is 8. The van der Waals surface area contributed by atoms with E-state index in [9.17, 15) is 44.7 Å². The van der Waals surface area contributed by atoms with Crippen LogP contribution >= 0.6 is 0 Å². The first-order valence-electron chi connectivity index (χ1n) is 10.5. The number of carbonyl (C=O) groups is 2. The summed E-state index contributed by atoms with van der Waals surface area (Å²) in [5.41, 5.74) is -8.79. The van der Waals surface area contributed by atoms with Crippen LogP contribution < -0.4 is 10.6 Å². The highest BCUT2D eigenvalue weighted by molar-refractivity contribution is 6.05. The molecular formula is C23H22F8N2O3. The number of esters is 1. The second-order valence-corrected chi connectivity index (χ2v) is 7.74. The van der Waals surface area contributed by atoms with Crippen molar-refractivity contribution in [2.24, 2.45) is 0 Å². The number of amides is 1. The van der Waals surface area contributed by atoms with Crippen LogP contribution in [0.2, 0.25) is 0 Å². The molecule has 0 unspecified atom stereocenters. The van der Waals surface area contributed by atoms with Crippen molar-refractivity contribution < 1.29 is 49.4 Å². The van der Waals surface area contributed by atoms with E-state index in [2.05, 4.69) is 10.6 Å². The number of hydrogen-bond acceptors (Lipinski definition) is 4. The van der Waals surface area contributed by atoms with Gasteiger partial charge in [0.2, 0.25) is 0 Å². The van der Waals surface area contributed by atoms with Crippen LogP contribution in [0.4, 0.5) is 46.5 Å². The zero-order valence-corrected chi connectivity index (χ0v) is 19.3. The molecule has 0 aliphatic rings. The van der Waals surface area contributed by atoms with Crippen LogP contribution in [0.25, 0.3) is 0 Å². The van der Waals surface area contributed by atoms with Crippen molar-refractivity contribution in [2.45, 2.75) is 45.2 Å². The molecule has 0 saturated carbocycles. The molecule has 1 amide bonds. The Kier molecular flexibility index (Phi) is 8.58. The summed E-state index contributed by atoms with van der Waals surface area (Å²) >= 11 is 0. The topological polar surface area (TPSA) is 67.4 Å². The number of benzene rings is 2. The first-order valence-corrected chi connectivity index (χ1v) is 10.5. The van der Waals surface area contributed by atoms with Crippen molar-refractivity contribution in [3.63, 3.8) is 0 Å². The third kappa shape index (κ3) is 5.88. The number of carbonyl (C=O) groups excluding carboxylic acids is 2. The lowest BCUT2D eigenvalue weighted by molar-refractivity contribution is -0.348. The number of alkyl halides is 7. The van der Waals surface area contributed by atoms with Crippen LogP contribution in [0.15, 0.2) is 30.3 Å². The Bertz CT molecular complexity index is 1090. The number of anilines is 2. The molecule has 2 aromatic carbocycles. The molecule has 198 valence electrons. The van der Waals surface area contributed by atoms with Crippen LogP contribution in [0, 0.1) is 19.7 Å². The minimum Gasteiger partial charge on any atom is -0.466 e. The lowest BCUT2D eigenvalue weighted by Gasteiger charge is -2.31. The highest BCUT2D eigenvalue weighted by atomic mass is 19.4. The van der Waals surface area contributed by atoms with Gasteiger partial charge in [-0.25, -0.2) is 8.78 Å². The Morgan fingerprint density at radius 2 is 1.50 bits per heavy atom. The Balaban J connectivity index is 2.32. The average Bonchev–Trinajstić information content (AvgIpc) is 2.75. The number of hydrogen-bond donors (Lipinski definition) is 2. The first kappa shape index (κ1) is 28.9. The van der Waals surface area contributed by atoms with Crippen LogP contribution in [0.1, 0.15) is 40.4 Å². The second-order valence-electron chi connectivity index (χ2n) is 7.74. The molecule has 0 saturated heterocycles. The summed E-state index contributed by atoms with van der Waals surface area (Å²) in [6.45, 7) is 3.92. The van der Waals surface area contributed by atoms with Gasteiger partial charge in [-0.2, -0.15) is 26.3 Å². The molecule has 2 aromatic rings. The Labute approximate surface area is 200 Å². The Morgan fingerprint density at radius 3 is 2.00 bits per heavy atom. The lowest BCUT2D eigenvalue weighted by Crippen LogP contribution is -2.50. The van der Waals surface area contributed by atoms with Crippen LogP contribution in [0.5, 0.6) is 0 Å². The number of nitrogens with one attached hydrogen (secondary N) is 2. The normalized spacial score (nSPS) is 12.3. The summed E-state index contributed by atoms with van der Waals surface area (Å²) in [5, 5.41) is 4.87. The fourth-order valence-electron chi connectivity index (χ4n) is 3.40. The van der Waals surface area contributed by atoms with E-state index in [1.54, 1.807) is 6.92 Å². The van der Waals surface area contributed by atoms with E-state index < -0.39 is 46.8 Å². The highest BCUT2D eigenvalue weighted by Crippen LogP contribution is 2.53. The van der Waals surface area contributed by atoms with Gasteiger partial charge >= 0.3 is 24.0 Å². The molecule has 0 aliphatic heterocycles. The summed E-state index contributed by atoms with van der Waals surface area (Å²) in [7, 11) is 0. The van der Waals surface area contributed by atoms with Gasteiger partial charge in [0.25, 0.3) is 5.91 Å². The average molecular weight is 526 g/mol. The van der Waals surface area contributed by atoms with Gasteiger partial charge in [0.1, 0.15) is 0 Å². The molecule has 0 heterocycles. The molecule has 0 spiro atoms. The van der Waals surface area contributed by atoms with Crippen LogP contribution in [-0.4, -0.2) is 37.4 Å². The highest BCUT2D eigenvalue weighted by Gasteiger charge is 2.73. The van der Waals surface area contributed by atoms with E-state index in [0.717, 1.165) is 19.9 Å². The monoisotopic (exact) mass is 526 g/mol. The van der Waals surface area contributed by atoms with Gasteiger partial charge in [-0.1, -0.05) is 18.2 Å². The van der Waals surface area contributed by atoms with Crippen LogP contribution in [-0.2, 0) is 15.2 Å². The van der Waals surface area contributed by atoms with E-state index in [4.69, 9.17) is 4.74 Å². The molecule has 0 bridgehead atoms. The number of halogens is 8. The van der Waals surface area contributed by atoms with Gasteiger partial charge in [0, 0.05) is 17.8 Å². The first-order chi connectivity index (χ1) is 16.5. The van der Waals surface area contributed by atoms with Gasteiger partial charge in [-0.3, -0.25) is 9.59 Å². The Morgan fingerprint density at radius 1 is 0.944 bits per heavy atom. The third-order valence-electron chi connectivity index (χ3n) is 5.14. The predicted molar refractivity (Wildman–Crippen MR) is 115 cm³/mol. The van der Waals surface area contributed by atoms with Crippen molar-refractivity contribution in [1.29, 1.82) is 0 Å². The molecule has 0 aliphatic carbocycles. The smallest absolute Gasteiger partial charge is 0.435 e. The van der Waals surface area contributed by atoms with Crippen LogP contribution in [0.3, 0.4) is 0 Å². The SMILES string of the molecule is CCOC(=O)CCNc1cccc(C(=O)Nc2c(C)cc(C(F)(C(F)(F)F)C(F)(F)F)cc2C)c1F. The fraction of sp³-hybridized carbons (Fsp3) is 0.391. The standard InChI is InChI=1S/C23H22F8N2O3/c1-4-36-17(34)8-9-32-16-7-5-6-15(18(16)24)20(35)33-19-12(2)10-14(11-13(19)3)21(25,22(26,27)28)23(29,30)31/h5-7,10-11,32H,4,8-9H2,1-3H3,(H,33,35). The molecule has 5 nitrogen and oxygen atoms in total. The van der Waals surface area contributed by atoms with Crippen molar-refractivity contribution >= 4 is 23.3 Å². The molecule has 2 rings (SSSR count).